The quantitative estimate of drug-likeness (QED) is 0.0483. The maximum Gasteiger partial charge on any atom is 0.307 e. The SMILES string of the molecule is CCCCCCCCCCCCCCCCCC(=O)OCC(COC(=O)CCCCCCCCCCCCCCCCC)C(CCCCCCCCCCCCCCCC)C(=O)O. The van der Waals surface area contributed by atoms with Gasteiger partial charge in [-0.05, 0) is 19.3 Å². The molecule has 0 saturated heterocycles. The normalized spacial score (nSPS) is 12.0. The van der Waals surface area contributed by atoms with Crippen molar-refractivity contribution in [2.24, 2.45) is 11.8 Å². The third kappa shape index (κ3) is 46.7. The molecular formula is C57H110O6. The van der Waals surface area contributed by atoms with Crippen LogP contribution in [0.5, 0.6) is 0 Å². The van der Waals surface area contributed by atoms with E-state index in [-0.39, 0.29) is 25.2 Å². The van der Waals surface area contributed by atoms with E-state index in [0.717, 1.165) is 57.8 Å². The highest BCUT2D eigenvalue weighted by Gasteiger charge is 2.30. The Hall–Kier alpha value is -1.59. The summed E-state index contributed by atoms with van der Waals surface area (Å²) < 4.78 is 11.4. The van der Waals surface area contributed by atoms with Gasteiger partial charge in [0, 0.05) is 18.8 Å². The van der Waals surface area contributed by atoms with E-state index >= 15 is 0 Å². The highest BCUT2D eigenvalue weighted by molar-refractivity contribution is 5.72. The molecule has 0 aliphatic heterocycles. The van der Waals surface area contributed by atoms with Gasteiger partial charge in [-0.1, -0.05) is 290 Å². The summed E-state index contributed by atoms with van der Waals surface area (Å²) in [5.74, 6) is -2.63. The second kappa shape index (κ2) is 51.4. The van der Waals surface area contributed by atoms with Gasteiger partial charge in [-0.2, -0.15) is 0 Å². The standard InChI is InChI=1S/C57H110O6/c1-4-7-10-13-16-19-22-25-28-31-34-37-40-43-46-49-55(58)62-51-53(54(57(60)61)48-45-42-39-36-33-30-27-24-21-18-15-12-9-6-3)52-63-56(59)50-47-44-41-38-35-32-29-26-23-20-17-14-11-8-5-2/h53-54H,4-52H2,1-3H3,(H,60,61). The molecule has 0 rings (SSSR count). The third-order valence-corrected chi connectivity index (χ3v) is 13.6. The summed E-state index contributed by atoms with van der Waals surface area (Å²) in [4.78, 5) is 38.2. The average molecular weight is 892 g/mol. The summed E-state index contributed by atoms with van der Waals surface area (Å²) in [7, 11) is 0. The number of carbonyl (C=O) groups is 3. The molecule has 0 bridgehead atoms. The number of hydrogen-bond acceptors (Lipinski definition) is 5. The average Bonchev–Trinajstić information content (AvgIpc) is 3.27. The largest absolute Gasteiger partial charge is 0.481 e. The van der Waals surface area contributed by atoms with Crippen LogP contribution in [-0.4, -0.2) is 36.2 Å². The lowest BCUT2D eigenvalue weighted by atomic mass is 9.88. The molecule has 0 aromatic rings. The first kappa shape index (κ1) is 61.4. The molecule has 0 radical (unpaired) electrons. The van der Waals surface area contributed by atoms with E-state index in [9.17, 15) is 19.5 Å². The Balaban J connectivity index is 4.52. The fourth-order valence-electron chi connectivity index (χ4n) is 9.23. The van der Waals surface area contributed by atoms with Crippen molar-refractivity contribution in [3.05, 3.63) is 0 Å². The van der Waals surface area contributed by atoms with E-state index in [1.54, 1.807) is 0 Å². The van der Waals surface area contributed by atoms with E-state index in [2.05, 4.69) is 20.8 Å². The Morgan fingerprint density at radius 2 is 0.524 bits per heavy atom. The van der Waals surface area contributed by atoms with E-state index < -0.39 is 17.8 Å². The smallest absolute Gasteiger partial charge is 0.307 e. The molecule has 1 unspecified atom stereocenters. The fourth-order valence-corrected chi connectivity index (χ4v) is 9.23. The second-order valence-corrected chi connectivity index (χ2v) is 19.9. The predicted octanol–water partition coefficient (Wildman–Crippen LogP) is 18.8. The van der Waals surface area contributed by atoms with E-state index in [0.29, 0.717) is 19.3 Å². The topological polar surface area (TPSA) is 89.9 Å². The Morgan fingerprint density at radius 1 is 0.317 bits per heavy atom. The number of hydrogen-bond donors (Lipinski definition) is 1. The van der Waals surface area contributed by atoms with Crippen LogP contribution in [0.3, 0.4) is 0 Å². The van der Waals surface area contributed by atoms with Crippen LogP contribution in [0.4, 0.5) is 0 Å². The Kier molecular flexibility index (Phi) is 50.1. The molecule has 0 amide bonds. The number of esters is 2. The molecule has 6 nitrogen and oxygen atoms in total. The van der Waals surface area contributed by atoms with E-state index in [1.165, 1.54) is 225 Å². The molecule has 0 aromatic heterocycles. The zero-order chi connectivity index (χ0) is 45.9. The van der Waals surface area contributed by atoms with Crippen molar-refractivity contribution in [1.82, 2.24) is 0 Å². The van der Waals surface area contributed by atoms with Crippen molar-refractivity contribution < 1.29 is 29.0 Å². The van der Waals surface area contributed by atoms with Gasteiger partial charge in [-0.25, -0.2) is 0 Å². The summed E-state index contributed by atoms with van der Waals surface area (Å²) in [5.41, 5.74) is 0. The van der Waals surface area contributed by atoms with Crippen LogP contribution in [0, 0.1) is 11.8 Å². The van der Waals surface area contributed by atoms with Crippen molar-refractivity contribution in [3.63, 3.8) is 0 Å². The molecule has 0 saturated carbocycles. The summed E-state index contributed by atoms with van der Waals surface area (Å²) in [6.45, 7) is 6.81. The van der Waals surface area contributed by atoms with Crippen LogP contribution in [0.2, 0.25) is 0 Å². The lowest BCUT2D eigenvalue weighted by molar-refractivity contribution is -0.157. The summed E-state index contributed by atoms with van der Waals surface area (Å²) in [5, 5.41) is 10.3. The monoisotopic (exact) mass is 891 g/mol. The number of carboxylic acids is 1. The summed E-state index contributed by atoms with van der Waals surface area (Å²) in [6, 6.07) is 0. The number of ether oxygens (including phenoxy) is 2. The maximum absolute atomic E-state index is 12.8. The van der Waals surface area contributed by atoms with Crippen molar-refractivity contribution in [1.29, 1.82) is 0 Å². The Bertz CT molecular complexity index is 901. The van der Waals surface area contributed by atoms with Crippen LogP contribution >= 0.6 is 0 Å². The van der Waals surface area contributed by atoms with Gasteiger partial charge in [0.15, 0.2) is 0 Å². The van der Waals surface area contributed by atoms with Crippen LogP contribution in [0.15, 0.2) is 0 Å². The van der Waals surface area contributed by atoms with Crippen LogP contribution in [0.25, 0.3) is 0 Å². The zero-order valence-electron chi connectivity index (χ0n) is 42.8. The third-order valence-electron chi connectivity index (χ3n) is 13.6. The molecule has 0 spiro atoms. The van der Waals surface area contributed by atoms with E-state index in [4.69, 9.17) is 9.47 Å². The van der Waals surface area contributed by atoms with Gasteiger partial charge in [0.1, 0.15) is 0 Å². The lowest BCUT2D eigenvalue weighted by Gasteiger charge is -2.24. The molecule has 0 fully saturated rings. The lowest BCUT2D eigenvalue weighted by Crippen LogP contribution is -2.32. The van der Waals surface area contributed by atoms with Gasteiger partial charge in [0.05, 0.1) is 19.1 Å². The van der Waals surface area contributed by atoms with Gasteiger partial charge in [0.2, 0.25) is 0 Å². The number of carboxylic acid groups (broad SMARTS) is 1. The maximum atomic E-state index is 12.8. The molecule has 0 aromatic carbocycles. The highest BCUT2D eigenvalue weighted by Crippen LogP contribution is 2.24. The zero-order valence-corrected chi connectivity index (χ0v) is 42.8. The first-order valence-corrected chi connectivity index (χ1v) is 28.5. The van der Waals surface area contributed by atoms with E-state index in [1.807, 2.05) is 0 Å². The minimum atomic E-state index is -0.883. The molecule has 1 N–H and O–H groups in total. The first-order chi connectivity index (χ1) is 31.0. The predicted molar refractivity (Wildman–Crippen MR) is 271 cm³/mol. The number of unbranched alkanes of at least 4 members (excludes halogenated alkanes) is 41. The Labute approximate surface area is 393 Å². The number of rotatable bonds is 53. The van der Waals surface area contributed by atoms with Gasteiger partial charge in [-0.3, -0.25) is 14.4 Å². The van der Waals surface area contributed by atoms with Crippen molar-refractivity contribution in [3.8, 4) is 0 Å². The van der Waals surface area contributed by atoms with Crippen molar-refractivity contribution >= 4 is 17.9 Å². The molecule has 0 heterocycles. The molecule has 1 atom stereocenters. The van der Waals surface area contributed by atoms with Gasteiger partial charge >= 0.3 is 17.9 Å². The minimum absolute atomic E-state index is 0.000613. The molecule has 374 valence electrons. The Morgan fingerprint density at radius 3 is 0.746 bits per heavy atom. The molecular weight excluding hydrogens is 781 g/mol. The molecule has 0 aliphatic rings. The minimum Gasteiger partial charge on any atom is -0.481 e. The number of aliphatic carboxylic acids is 1. The summed E-state index contributed by atoms with van der Waals surface area (Å²) >= 11 is 0. The van der Waals surface area contributed by atoms with Crippen LogP contribution in [0.1, 0.15) is 323 Å². The first-order valence-electron chi connectivity index (χ1n) is 28.5. The molecule has 0 aliphatic carbocycles. The molecule has 63 heavy (non-hydrogen) atoms. The van der Waals surface area contributed by atoms with Crippen molar-refractivity contribution in [2.45, 2.75) is 323 Å². The van der Waals surface area contributed by atoms with Gasteiger partial charge < -0.3 is 14.6 Å². The number of carbonyl (C=O) groups excluding carboxylic acids is 2. The second-order valence-electron chi connectivity index (χ2n) is 19.9. The highest BCUT2D eigenvalue weighted by atomic mass is 16.5. The van der Waals surface area contributed by atoms with Crippen molar-refractivity contribution in [2.75, 3.05) is 13.2 Å². The van der Waals surface area contributed by atoms with Gasteiger partial charge in [-0.15, -0.1) is 0 Å². The fraction of sp³-hybridized carbons (Fsp3) is 0.947. The van der Waals surface area contributed by atoms with Gasteiger partial charge in [0.25, 0.3) is 0 Å². The summed E-state index contributed by atoms with van der Waals surface area (Å²) in [6.07, 6.45) is 57.1. The van der Waals surface area contributed by atoms with Crippen LogP contribution in [-0.2, 0) is 23.9 Å². The van der Waals surface area contributed by atoms with Crippen LogP contribution < -0.4 is 0 Å². The molecule has 6 heteroatoms.